The topological polar surface area (TPSA) is 171 Å². The zero-order chi connectivity index (χ0) is 24.3. The molecule has 0 aromatic rings. The van der Waals surface area contributed by atoms with Crippen molar-refractivity contribution in [2.45, 2.75) is 77.7 Å². The highest BCUT2D eigenvalue weighted by atomic mass is 32.2. The predicted molar refractivity (Wildman–Crippen MR) is 120 cm³/mol. The minimum Gasteiger partial charge on any atom is -0.480 e. The molecule has 0 saturated carbocycles. The monoisotopic (exact) mass is 462 g/mol. The molecule has 0 rings (SSSR count). The van der Waals surface area contributed by atoms with Crippen molar-refractivity contribution in [3.8, 4) is 0 Å². The number of hydrogen-bond acceptors (Lipinski definition) is 7. The van der Waals surface area contributed by atoms with Crippen LogP contribution >= 0.6 is 11.8 Å². The number of aliphatic carboxylic acids is 1. The molecular formula is C20H38N4O6S. The molecule has 11 heteroatoms. The lowest BCUT2D eigenvalue weighted by Gasteiger charge is -2.29. The molecule has 0 aliphatic carbocycles. The second kappa shape index (κ2) is 14.3. The van der Waals surface area contributed by atoms with Crippen LogP contribution in [0.1, 0.15) is 47.5 Å². The van der Waals surface area contributed by atoms with E-state index in [0.29, 0.717) is 18.6 Å². The van der Waals surface area contributed by atoms with E-state index in [-0.39, 0.29) is 11.8 Å². The van der Waals surface area contributed by atoms with Crippen molar-refractivity contribution in [1.82, 2.24) is 16.0 Å². The van der Waals surface area contributed by atoms with Gasteiger partial charge in [-0.1, -0.05) is 34.1 Å². The molecule has 6 atom stereocenters. The summed E-state index contributed by atoms with van der Waals surface area (Å²) in [6.45, 7) is 8.25. The summed E-state index contributed by atoms with van der Waals surface area (Å²) in [5.74, 6) is -3.17. The van der Waals surface area contributed by atoms with Gasteiger partial charge in [-0.25, -0.2) is 4.79 Å². The minimum absolute atomic E-state index is 0.308. The predicted octanol–water partition coefficient (Wildman–Crippen LogP) is -0.311. The average molecular weight is 463 g/mol. The summed E-state index contributed by atoms with van der Waals surface area (Å²) in [7, 11) is 0. The number of nitrogens with one attached hydrogen (secondary N) is 3. The molecule has 0 radical (unpaired) electrons. The van der Waals surface area contributed by atoms with E-state index in [4.69, 9.17) is 5.73 Å². The van der Waals surface area contributed by atoms with E-state index in [1.807, 2.05) is 13.2 Å². The first kappa shape index (κ1) is 29.1. The summed E-state index contributed by atoms with van der Waals surface area (Å²) in [4.78, 5) is 49.3. The molecule has 6 unspecified atom stereocenters. The fourth-order valence-electron chi connectivity index (χ4n) is 2.75. The highest BCUT2D eigenvalue weighted by Crippen LogP contribution is 2.10. The quantitative estimate of drug-likeness (QED) is 0.204. The van der Waals surface area contributed by atoms with E-state index in [9.17, 15) is 29.4 Å². The number of thioether (sulfide) groups is 1. The van der Waals surface area contributed by atoms with Crippen LogP contribution in [-0.4, -0.2) is 76.2 Å². The molecule has 0 aromatic heterocycles. The van der Waals surface area contributed by atoms with Crippen LogP contribution in [0.25, 0.3) is 0 Å². The molecule has 0 spiro atoms. The Morgan fingerprint density at radius 1 is 0.903 bits per heavy atom. The maximum Gasteiger partial charge on any atom is 0.326 e. The van der Waals surface area contributed by atoms with Gasteiger partial charge in [0.1, 0.15) is 18.1 Å². The normalized spacial score (nSPS) is 17.1. The van der Waals surface area contributed by atoms with Gasteiger partial charge < -0.3 is 31.9 Å². The Balaban J connectivity index is 5.34. The Kier molecular flexibility index (Phi) is 13.4. The maximum absolute atomic E-state index is 12.8. The van der Waals surface area contributed by atoms with Crippen LogP contribution in [0.5, 0.6) is 0 Å². The van der Waals surface area contributed by atoms with E-state index >= 15 is 0 Å². The van der Waals surface area contributed by atoms with Gasteiger partial charge in [0.2, 0.25) is 17.7 Å². The Bertz CT molecular complexity index is 616. The van der Waals surface area contributed by atoms with Gasteiger partial charge >= 0.3 is 5.97 Å². The lowest BCUT2D eigenvalue weighted by atomic mass is 9.97. The summed E-state index contributed by atoms with van der Waals surface area (Å²) in [5.41, 5.74) is 5.82. The van der Waals surface area contributed by atoms with E-state index in [1.54, 1.807) is 20.8 Å². The number of rotatable bonds is 14. The molecule has 31 heavy (non-hydrogen) atoms. The number of carbonyl (C=O) groups is 4. The van der Waals surface area contributed by atoms with E-state index in [0.717, 1.165) is 0 Å². The first-order valence-electron chi connectivity index (χ1n) is 10.4. The Hall–Kier alpha value is -1.85. The molecule has 0 heterocycles. The van der Waals surface area contributed by atoms with Crippen LogP contribution in [0.3, 0.4) is 0 Å². The molecule has 0 fully saturated rings. The number of nitrogens with two attached hydrogens (primary N) is 1. The number of carboxylic acid groups (broad SMARTS) is 1. The van der Waals surface area contributed by atoms with Gasteiger partial charge in [-0.15, -0.1) is 0 Å². The van der Waals surface area contributed by atoms with Crippen LogP contribution in [0.2, 0.25) is 0 Å². The standard InChI is InChI=1S/C20H38N4O6S/c1-7-11(4)15(20(29)30)23-18(27)14(10(2)3)22-19(28)16(12(5)25)24-17(26)13(21)8-9-31-6/h10-16,25H,7-9,21H2,1-6H3,(H,22,28)(H,23,27)(H,24,26)(H,29,30). The fourth-order valence-corrected chi connectivity index (χ4v) is 3.24. The number of carboxylic acids is 1. The van der Waals surface area contributed by atoms with Crippen LogP contribution < -0.4 is 21.7 Å². The van der Waals surface area contributed by atoms with Gasteiger partial charge in [0.15, 0.2) is 0 Å². The zero-order valence-electron chi connectivity index (χ0n) is 19.2. The van der Waals surface area contributed by atoms with Crippen LogP contribution in [0.15, 0.2) is 0 Å². The minimum atomic E-state index is -1.31. The number of carbonyl (C=O) groups excluding carboxylic acids is 3. The molecule has 0 bridgehead atoms. The smallest absolute Gasteiger partial charge is 0.326 e. The molecule has 180 valence electrons. The molecule has 0 aliphatic heterocycles. The summed E-state index contributed by atoms with van der Waals surface area (Å²) >= 11 is 1.53. The summed E-state index contributed by atoms with van der Waals surface area (Å²) in [6.07, 6.45) is 1.59. The van der Waals surface area contributed by atoms with Gasteiger partial charge in [-0.05, 0) is 37.2 Å². The molecular weight excluding hydrogens is 424 g/mol. The van der Waals surface area contributed by atoms with Gasteiger partial charge in [-0.3, -0.25) is 14.4 Å². The largest absolute Gasteiger partial charge is 0.480 e. The van der Waals surface area contributed by atoms with E-state index < -0.39 is 54.0 Å². The van der Waals surface area contributed by atoms with Crippen molar-refractivity contribution in [1.29, 1.82) is 0 Å². The molecule has 3 amide bonds. The first-order valence-corrected chi connectivity index (χ1v) is 11.8. The second-order valence-electron chi connectivity index (χ2n) is 8.06. The molecule has 0 aliphatic rings. The van der Waals surface area contributed by atoms with Crippen molar-refractivity contribution in [3.05, 3.63) is 0 Å². The van der Waals surface area contributed by atoms with Crippen molar-refractivity contribution in [2.75, 3.05) is 12.0 Å². The van der Waals surface area contributed by atoms with Gasteiger partial charge in [0, 0.05) is 0 Å². The number of amides is 3. The molecule has 7 N–H and O–H groups in total. The van der Waals surface area contributed by atoms with Crippen molar-refractivity contribution >= 4 is 35.5 Å². The Labute approximate surface area is 188 Å². The van der Waals surface area contributed by atoms with Crippen LogP contribution in [-0.2, 0) is 19.2 Å². The summed E-state index contributed by atoms with van der Waals surface area (Å²) < 4.78 is 0. The zero-order valence-corrected chi connectivity index (χ0v) is 20.0. The highest BCUT2D eigenvalue weighted by molar-refractivity contribution is 7.98. The fraction of sp³-hybridized carbons (Fsp3) is 0.800. The molecule has 10 nitrogen and oxygen atoms in total. The van der Waals surface area contributed by atoms with E-state index in [2.05, 4.69) is 16.0 Å². The third kappa shape index (κ3) is 9.88. The number of hydrogen-bond donors (Lipinski definition) is 6. The lowest BCUT2D eigenvalue weighted by molar-refractivity contribution is -0.144. The summed E-state index contributed by atoms with van der Waals surface area (Å²) in [5, 5.41) is 26.8. The summed E-state index contributed by atoms with van der Waals surface area (Å²) in [6, 6.07) is -4.30. The number of aliphatic hydroxyl groups is 1. The average Bonchev–Trinajstić information content (AvgIpc) is 2.70. The van der Waals surface area contributed by atoms with Gasteiger partial charge in [0.25, 0.3) is 0 Å². The Morgan fingerprint density at radius 2 is 1.39 bits per heavy atom. The van der Waals surface area contributed by atoms with Crippen molar-refractivity contribution in [3.63, 3.8) is 0 Å². The SMILES string of the molecule is CCC(C)C(NC(=O)C(NC(=O)C(NC(=O)C(N)CCSC)C(C)O)C(C)C)C(=O)O. The van der Waals surface area contributed by atoms with Crippen LogP contribution in [0, 0.1) is 11.8 Å². The maximum atomic E-state index is 12.8. The second-order valence-corrected chi connectivity index (χ2v) is 9.04. The highest BCUT2D eigenvalue weighted by Gasteiger charge is 2.34. The van der Waals surface area contributed by atoms with E-state index in [1.165, 1.54) is 18.7 Å². The lowest BCUT2D eigenvalue weighted by Crippen LogP contribution is -2.61. The first-order chi connectivity index (χ1) is 14.4. The molecule has 0 aromatic carbocycles. The number of aliphatic hydroxyl groups excluding tert-OH is 1. The van der Waals surface area contributed by atoms with Gasteiger partial charge in [0.05, 0.1) is 12.1 Å². The van der Waals surface area contributed by atoms with Crippen molar-refractivity contribution in [2.24, 2.45) is 17.6 Å². The third-order valence-corrected chi connectivity index (χ3v) is 5.70. The molecule has 0 saturated heterocycles. The third-order valence-electron chi connectivity index (χ3n) is 5.06. The van der Waals surface area contributed by atoms with Crippen molar-refractivity contribution < 1.29 is 29.4 Å². The Morgan fingerprint density at radius 3 is 1.81 bits per heavy atom. The van der Waals surface area contributed by atoms with Gasteiger partial charge in [-0.2, -0.15) is 11.8 Å². The van der Waals surface area contributed by atoms with Crippen LogP contribution in [0.4, 0.5) is 0 Å².